The first kappa shape index (κ1) is 8.37. The van der Waals surface area contributed by atoms with Crippen LogP contribution < -0.4 is 4.72 Å². The summed E-state index contributed by atoms with van der Waals surface area (Å²) in [5.74, 6) is 0. The van der Waals surface area contributed by atoms with E-state index in [0.717, 1.165) is 10.6 Å². The van der Waals surface area contributed by atoms with Crippen LogP contribution in [0, 0.1) is 0 Å². The second-order valence-corrected chi connectivity index (χ2v) is 3.25. The Morgan fingerprint density at radius 1 is 1.62 bits per heavy atom. The van der Waals surface area contributed by atoms with Crippen molar-refractivity contribution >= 4 is 23.7 Å². The minimum absolute atomic E-state index is 0.561. The predicted octanol–water partition coefficient (Wildman–Crippen LogP) is 1.72. The van der Waals surface area contributed by atoms with E-state index < -0.39 is 0 Å². The van der Waals surface area contributed by atoms with E-state index in [9.17, 15) is 0 Å². The molecular weight excluding hydrogens is 186 g/mol. The van der Waals surface area contributed by atoms with Crippen LogP contribution in [0.1, 0.15) is 6.92 Å². The molecule has 1 N–H and O–H groups in total. The third-order valence-electron chi connectivity index (χ3n) is 1.51. The number of aliphatic imine (C=N–C) groups is 1. The van der Waals surface area contributed by atoms with E-state index in [-0.39, 0.29) is 0 Å². The lowest BCUT2D eigenvalue weighted by molar-refractivity contribution is 0.318. The second-order valence-electron chi connectivity index (χ2n) is 2.40. The van der Waals surface area contributed by atoms with Gasteiger partial charge < -0.3 is 4.74 Å². The summed E-state index contributed by atoms with van der Waals surface area (Å²) in [7, 11) is 0. The summed E-state index contributed by atoms with van der Waals surface area (Å²) >= 11 is 1.47. The van der Waals surface area contributed by atoms with E-state index >= 15 is 0 Å². The Hall–Kier alpha value is -1.23. The molecule has 0 aliphatic carbocycles. The lowest BCUT2D eigenvalue weighted by Crippen LogP contribution is -2.21. The van der Waals surface area contributed by atoms with E-state index in [0.29, 0.717) is 12.6 Å². The van der Waals surface area contributed by atoms with Crippen LogP contribution in [-0.4, -0.2) is 17.6 Å². The van der Waals surface area contributed by atoms with Gasteiger partial charge in [-0.15, -0.1) is 0 Å². The predicted molar refractivity (Wildman–Crippen MR) is 52.0 cm³/mol. The van der Waals surface area contributed by atoms with Crippen molar-refractivity contribution in [2.75, 3.05) is 6.61 Å². The zero-order chi connectivity index (χ0) is 9.10. The van der Waals surface area contributed by atoms with Crippen LogP contribution in [0.25, 0.3) is 0 Å². The van der Waals surface area contributed by atoms with Crippen LogP contribution in [-0.2, 0) is 4.74 Å². The van der Waals surface area contributed by atoms with Gasteiger partial charge in [-0.3, -0.25) is 9.71 Å². The zero-order valence-electron chi connectivity index (χ0n) is 7.15. The molecule has 1 aromatic heterocycles. The monoisotopic (exact) mass is 195 g/mol. The van der Waals surface area contributed by atoms with Gasteiger partial charge in [-0.05, 0) is 24.9 Å². The highest BCUT2D eigenvalue weighted by Crippen LogP contribution is 2.29. The summed E-state index contributed by atoms with van der Waals surface area (Å²) in [6.45, 7) is 2.55. The lowest BCUT2D eigenvalue weighted by Gasteiger charge is -2.14. The first-order valence-electron chi connectivity index (χ1n) is 3.98. The van der Waals surface area contributed by atoms with Crippen molar-refractivity contribution < 1.29 is 4.74 Å². The zero-order valence-corrected chi connectivity index (χ0v) is 7.97. The average Bonchev–Trinajstić information content (AvgIpc) is 2.18. The minimum atomic E-state index is 0.561. The number of nitrogens with zero attached hydrogens (tertiary/aromatic N) is 2. The normalized spacial score (nSPS) is 14.1. The Morgan fingerprint density at radius 3 is 3.38 bits per heavy atom. The number of ether oxygens (including phenoxy) is 1. The van der Waals surface area contributed by atoms with E-state index in [1.807, 2.05) is 13.0 Å². The van der Waals surface area contributed by atoms with Crippen molar-refractivity contribution in [2.45, 2.75) is 11.8 Å². The van der Waals surface area contributed by atoms with Crippen molar-refractivity contribution in [1.82, 2.24) is 9.71 Å². The Bertz CT molecular complexity index is 340. The third-order valence-corrected chi connectivity index (χ3v) is 2.33. The van der Waals surface area contributed by atoms with Gasteiger partial charge in [0.05, 0.1) is 17.2 Å². The van der Waals surface area contributed by atoms with Crippen LogP contribution >= 0.6 is 11.9 Å². The third kappa shape index (κ3) is 1.75. The first-order valence-corrected chi connectivity index (χ1v) is 4.80. The summed E-state index contributed by atoms with van der Waals surface area (Å²) in [5, 5.41) is 0. The molecule has 0 fully saturated rings. The van der Waals surface area contributed by atoms with Gasteiger partial charge in [0, 0.05) is 12.4 Å². The van der Waals surface area contributed by atoms with Crippen LogP contribution in [0.3, 0.4) is 0 Å². The van der Waals surface area contributed by atoms with Crippen LogP contribution in [0.4, 0.5) is 5.69 Å². The van der Waals surface area contributed by atoms with Crippen LogP contribution in [0.15, 0.2) is 28.3 Å². The molecule has 5 heteroatoms. The van der Waals surface area contributed by atoms with Crippen molar-refractivity contribution in [3.8, 4) is 0 Å². The van der Waals surface area contributed by atoms with Gasteiger partial charge in [0.25, 0.3) is 6.02 Å². The van der Waals surface area contributed by atoms with Gasteiger partial charge in [-0.1, -0.05) is 0 Å². The van der Waals surface area contributed by atoms with Gasteiger partial charge >= 0.3 is 0 Å². The summed E-state index contributed by atoms with van der Waals surface area (Å²) in [6.07, 6.45) is 3.50. The van der Waals surface area contributed by atoms with Gasteiger partial charge in [-0.25, -0.2) is 0 Å². The maximum atomic E-state index is 5.24. The highest BCUT2D eigenvalue weighted by molar-refractivity contribution is 7.98. The van der Waals surface area contributed by atoms with Gasteiger partial charge in [-0.2, -0.15) is 4.99 Å². The fraction of sp³-hybridized carbons (Fsp3) is 0.250. The number of nitrogens with one attached hydrogen (secondary N) is 1. The Labute approximate surface area is 80.6 Å². The average molecular weight is 195 g/mol. The highest BCUT2D eigenvalue weighted by atomic mass is 32.2. The topological polar surface area (TPSA) is 46.5 Å². The molecule has 13 heavy (non-hydrogen) atoms. The van der Waals surface area contributed by atoms with Crippen molar-refractivity contribution in [2.24, 2.45) is 4.99 Å². The first-order chi connectivity index (χ1) is 6.40. The number of hydrogen-bond donors (Lipinski definition) is 1. The Balaban J connectivity index is 2.28. The van der Waals surface area contributed by atoms with E-state index in [1.54, 1.807) is 12.4 Å². The summed E-state index contributed by atoms with van der Waals surface area (Å²) in [6, 6.07) is 2.42. The molecule has 4 nitrogen and oxygen atoms in total. The number of hydrogen-bond acceptors (Lipinski definition) is 5. The molecule has 0 unspecified atom stereocenters. The van der Waals surface area contributed by atoms with Crippen molar-refractivity contribution in [3.63, 3.8) is 0 Å². The second kappa shape index (κ2) is 3.66. The van der Waals surface area contributed by atoms with Gasteiger partial charge in [0.1, 0.15) is 0 Å². The SMILES string of the molecule is CCOC1=Nc2ccncc2SN1. The number of fused-ring (bicyclic) bond motifs is 1. The molecule has 1 aliphatic heterocycles. The quantitative estimate of drug-likeness (QED) is 0.693. The fourth-order valence-electron chi connectivity index (χ4n) is 0.973. The molecule has 0 bridgehead atoms. The molecule has 0 spiro atoms. The maximum Gasteiger partial charge on any atom is 0.300 e. The fourth-order valence-corrected chi connectivity index (χ4v) is 1.61. The van der Waals surface area contributed by atoms with Crippen LogP contribution in [0.2, 0.25) is 0 Å². The molecule has 1 aromatic rings. The molecular formula is C8H9N3OS. The molecule has 0 atom stereocenters. The molecule has 0 aromatic carbocycles. The Kier molecular flexibility index (Phi) is 2.35. The number of pyridine rings is 1. The molecule has 0 amide bonds. The van der Waals surface area contributed by atoms with Crippen molar-refractivity contribution in [3.05, 3.63) is 18.5 Å². The maximum absolute atomic E-state index is 5.24. The van der Waals surface area contributed by atoms with E-state index in [1.165, 1.54) is 11.9 Å². The lowest BCUT2D eigenvalue weighted by atomic mass is 10.4. The molecule has 1 aliphatic rings. The smallest absolute Gasteiger partial charge is 0.300 e. The number of amidine groups is 1. The largest absolute Gasteiger partial charge is 0.465 e. The minimum Gasteiger partial charge on any atom is -0.465 e. The van der Waals surface area contributed by atoms with Gasteiger partial charge in [0.2, 0.25) is 0 Å². The molecule has 0 saturated carbocycles. The molecule has 0 radical (unpaired) electrons. The Morgan fingerprint density at radius 2 is 2.54 bits per heavy atom. The number of aromatic nitrogens is 1. The van der Waals surface area contributed by atoms with E-state index in [4.69, 9.17) is 4.74 Å². The standard InChI is InChI=1S/C8H9N3OS/c1-2-12-8-10-6-3-4-9-5-7(6)13-11-8/h3-5H,2H2,1H3,(H,10,11). The summed E-state index contributed by atoms with van der Waals surface area (Å²) < 4.78 is 8.22. The molecule has 0 saturated heterocycles. The van der Waals surface area contributed by atoms with Gasteiger partial charge in [0.15, 0.2) is 0 Å². The number of rotatable bonds is 1. The summed E-state index contributed by atoms with van der Waals surface area (Å²) in [5.41, 5.74) is 0.905. The highest BCUT2D eigenvalue weighted by Gasteiger charge is 2.11. The molecule has 2 heterocycles. The molecule has 2 rings (SSSR count). The van der Waals surface area contributed by atoms with E-state index in [2.05, 4.69) is 14.7 Å². The van der Waals surface area contributed by atoms with Crippen molar-refractivity contribution in [1.29, 1.82) is 0 Å². The van der Waals surface area contributed by atoms with Crippen LogP contribution in [0.5, 0.6) is 0 Å². The summed E-state index contributed by atoms with van der Waals surface area (Å²) in [4.78, 5) is 9.28. The molecule has 68 valence electrons.